The number of hydrogen-bond donors (Lipinski definition) is 1. The van der Waals surface area contributed by atoms with Crippen molar-refractivity contribution in [2.75, 3.05) is 6.54 Å². The highest BCUT2D eigenvalue weighted by atomic mass is 19.1. The predicted molar refractivity (Wildman–Crippen MR) is 75.4 cm³/mol. The summed E-state index contributed by atoms with van der Waals surface area (Å²) < 4.78 is 13.2. The van der Waals surface area contributed by atoms with E-state index in [2.05, 4.69) is 23.3 Å². The highest BCUT2D eigenvalue weighted by molar-refractivity contribution is 5.20. The Morgan fingerprint density at radius 3 is 2.84 bits per heavy atom. The molecule has 2 rings (SSSR count). The zero-order valence-corrected chi connectivity index (χ0v) is 11.1. The van der Waals surface area contributed by atoms with Crippen molar-refractivity contribution >= 4 is 0 Å². The number of rotatable bonds is 6. The number of halogens is 1. The third kappa shape index (κ3) is 4.14. The molecule has 0 amide bonds. The number of nitrogens with zero attached hydrogens (tertiary/aromatic N) is 1. The minimum atomic E-state index is -0.176. The van der Waals surface area contributed by atoms with E-state index >= 15 is 0 Å². The Balaban J connectivity index is 1.89. The summed E-state index contributed by atoms with van der Waals surface area (Å²) in [5.74, 6) is -0.176. The van der Waals surface area contributed by atoms with Crippen LogP contribution >= 0.6 is 0 Å². The first-order valence-electron chi connectivity index (χ1n) is 6.67. The van der Waals surface area contributed by atoms with Crippen molar-refractivity contribution in [3.63, 3.8) is 0 Å². The van der Waals surface area contributed by atoms with Gasteiger partial charge in [0, 0.05) is 18.4 Å². The highest BCUT2D eigenvalue weighted by Crippen LogP contribution is 2.17. The van der Waals surface area contributed by atoms with E-state index in [4.69, 9.17) is 0 Å². The Bertz CT molecular complexity index is 499. The minimum Gasteiger partial charge on any atom is -0.310 e. The van der Waals surface area contributed by atoms with Crippen LogP contribution in [0.3, 0.4) is 0 Å². The Morgan fingerprint density at radius 2 is 2.16 bits per heavy atom. The van der Waals surface area contributed by atoms with Crippen molar-refractivity contribution in [3.8, 4) is 0 Å². The largest absolute Gasteiger partial charge is 0.310 e. The second-order valence-corrected chi connectivity index (χ2v) is 4.58. The molecule has 0 fully saturated rings. The molecule has 1 aromatic heterocycles. The smallest absolute Gasteiger partial charge is 0.123 e. The first kappa shape index (κ1) is 13.7. The standard InChI is InChI=1S/C16H19FN2/c1-2-16(14-6-3-7-15(17)11-14)19-10-8-13-5-4-9-18-12-13/h3-7,9,11-12,16,19H,2,8,10H2,1H3. The molecule has 19 heavy (non-hydrogen) atoms. The Labute approximate surface area is 113 Å². The monoisotopic (exact) mass is 258 g/mol. The summed E-state index contributed by atoms with van der Waals surface area (Å²) >= 11 is 0. The predicted octanol–water partition coefficient (Wildman–Crippen LogP) is 3.50. The first-order chi connectivity index (χ1) is 9.29. The number of benzene rings is 1. The van der Waals surface area contributed by atoms with E-state index in [1.165, 1.54) is 11.6 Å². The average molecular weight is 258 g/mol. The summed E-state index contributed by atoms with van der Waals surface area (Å²) in [5.41, 5.74) is 2.22. The van der Waals surface area contributed by atoms with Crippen LogP contribution in [0, 0.1) is 5.82 Å². The van der Waals surface area contributed by atoms with Crippen LogP contribution in [0.15, 0.2) is 48.8 Å². The molecule has 1 N–H and O–H groups in total. The summed E-state index contributed by atoms with van der Waals surface area (Å²) in [4.78, 5) is 4.09. The van der Waals surface area contributed by atoms with Crippen LogP contribution < -0.4 is 5.32 Å². The van der Waals surface area contributed by atoms with Crippen molar-refractivity contribution < 1.29 is 4.39 Å². The molecule has 0 bridgehead atoms. The summed E-state index contributed by atoms with van der Waals surface area (Å²) in [6, 6.07) is 11.0. The Morgan fingerprint density at radius 1 is 1.26 bits per heavy atom. The molecule has 0 aliphatic heterocycles. The summed E-state index contributed by atoms with van der Waals surface area (Å²) in [6.07, 6.45) is 5.53. The number of nitrogens with one attached hydrogen (secondary N) is 1. The van der Waals surface area contributed by atoms with Crippen LogP contribution in [-0.2, 0) is 6.42 Å². The SMILES string of the molecule is CCC(NCCc1cccnc1)c1cccc(F)c1. The van der Waals surface area contributed by atoms with Gasteiger partial charge in [-0.15, -0.1) is 0 Å². The second-order valence-electron chi connectivity index (χ2n) is 4.58. The normalized spacial score (nSPS) is 12.3. The van der Waals surface area contributed by atoms with E-state index < -0.39 is 0 Å². The lowest BCUT2D eigenvalue weighted by Crippen LogP contribution is -2.23. The molecule has 100 valence electrons. The molecule has 1 unspecified atom stereocenters. The van der Waals surface area contributed by atoms with E-state index in [0.717, 1.165) is 24.9 Å². The van der Waals surface area contributed by atoms with E-state index in [0.29, 0.717) is 0 Å². The molecule has 0 saturated carbocycles. The number of pyridine rings is 1. The molecule has 0 saturated heterocycles. The van der Waals surface area contributed by atoms with Gasteiger partial charge in [0.25, 0.3) is 0 Å². The van der Waals surface area contributed by atoms with Gasteiger partial charge in [-0.1, -0.05) is 25.1 Å². The molecule has 0 spiro atoms. The Hall–Kier alpha value is -1.74. The van der Waals surface area contributed by atoms with Gasteiger partial charge >= 0.3 is 0 Å². The first-order valence-corrected chi connectivity index (χ1v) is 6.67. The van der Waals surface area contributed by atoms with Crippen LogP contribution in [0.2, 0.25) is 0 Å². The lowest BCUT2D eigenvalue weighted by Gasteiger charge is -2.17. The summed E-state index contributed by atoms with van der Waals surface area (Å²) in [6.45, 7) is 2.97. The van der Waals surface area contributed by atoms with Crippen molar-refractivity contribution in [1.82, 2.24) is 10.3 Å². The van der Waals surface area contributed by atoms with Crippen LogP contribution in [0.1, 0.15) is 30.5 Å². The van der Waals surface area contributed by atoms with Crippen LogP contribution in [-0.4, -0.2) is 11.5 Å². The third-order valence-corrected chi connectivity index (χ3v) is 3.19. The molecule has 1 atom stereocenters. The lowest BCUT2D eigenvalue weighted by molar-refractivity contribution is 0.517. The molecular formula is C16H19FN2. The fourth-order valence-electron chi connectivity index (χ4n) is 2.16. The average Bonchev–Trinajstić information content (AvgIpc) is 2.45. The quantitative estimate of drug-likeness (QED) is 0.857. The van der Waals surface area contributed by atoms with Crippen LogP contribution in [0.25, 0.3) is 0 Å². The van der Waals surface area contributed by atoms with Gasteiger partial charge in [-0.3, -0.25) is 4.98 Å². The van der Waals surface area contributed by atoms with Crippen molar-refractivity contribution in [1.29, 1.82) is 0 Å². The fraction of sp³-hybridized carbons (Fsp3) is 0.312. The molecule has 0 aliphatic carbocycles. The second kappa shape index (κ2) is 7.00. The van der Waals surface area contributed by atoms with Gasteiger partial charge in [-0.2, -0.15) is 0 Å². The molecule has 3 heteroatoms. The maximum atomic E-state index is 13.2. The molecular weight excluding hydrogens is 239 g/mol. The zero-order valence-electron chi connectivity index (χ0n) is 11.1. The van der Waals surface area contributed by atoms with E-state index in [1.807, 2.05) is 18.3 Å². The number of aromatic nitrogens is 1. The van der Waals surface area contributed by atoms with Crippen LogP contribution in [0.4, 0.5) is 4.39 Å². The molecule has 2 nitrogen and oxygen atoms in total. The fourth-order valence-corrected chi connectivity index (χ4v) is 2.16. The summed E-state index contributed by atoms with van der Waals surface area (Å²) in [7, 11) is 0. The van der Waals surface area contributed by atoms with E-state index in [9.17, 15) is 4.39 Å². The maximum absolute atomic E-state index is 13.2. The minimum absolute atomic E-state index is 0.176. The van der Waals surface area contributed by atoms with Crippen molar-refractivity contribution in [3.05, 3.63) is 65.7 Å². The van der Waals surface area contributed by atoms with Gasteiger partial charge in [-0.05, 0) is 48.7 Å². The van der Waals surface area contributed by atoms with E-state index in [1.54, 1.807) is 18.3 Å². The molecule has 2 aromatic rings. The van der Waals surface area contributed by atoms with Gasteiger partial charge in [-0.25, -0.2) is 4.39 Å². The van der Waals surface area contributed by atoms with Crippen LogP contribution in [0.5, 0.6) is 0 Å². The Kier molecular flexibility index (Phi) is 5.04. The third-order valence-electron chi connectivity index (χ3n) is 3.19. The summed E-state index contributed by atoms with van der Waals surface area (Å²) in [5, 5.41) is 3.47. The molecule has 1 aromatic carbocycles. The van der Waals surface area contributed by atoms with Gasteiger partial charge in [0.1, 0.15) is 5.82 Å². The van der Waals surface area contributed by atoms with Crippen molar-refractivity contribution in [2.24, 2.45) is 0 Å². The highest BCUT2D eigenvalue weighted by Gasteiger charge is 2.08. The zero-order chi connectivity index (χ0) is 13.5. The van der Waals surface area contributed by atoms with Gasteiger partial charge in [0.05, 0.1) is 0 Å². The van der Waals surface area contributed by atoms with Gasteiger partial charge in [0.15, 0.2) is 0 Å². The number of hydrogen-bond acceptors (Lipinski definition) is 2. The molecule has 1 heterocycles. The lowest BCUT2D eigenvalue weighted by atomic mass is 10.0. The topological polar surface area (TPSA) is 24.9 Å². The molecule has 0 aliphatic rings. The molecule has 0 radical (unpaired) electrons. The van der Waals surface area contributed by atoms with Gasteiger partial charge < -0.3 is 5.32 Å². The van der Waals surface area contributed by atoms with Gasteiger partial charge in [0.2, 0.25) is 0 Å². The maximum Gasteiger partial charge on any atom is 0.123 e. The van der Waals surface area contributed by atoms with E-state index in [-0.39, 0.29) is 11.9 Å². The van der Waals surface area contributed by atoms with Crippen molar-refractivity contribution in [2.45, 2.75) is 25.8 Å².